The first-order chi connectivity index (χ1) is 15.6. The van der Waals surface area contributed by atoms with Crippen molar-refractivity contribution in [3.8, 4) is 28.3 Å². The van der Waals surface area contributed by atoms with Crippen molar-refractivity contribution in [2.45, 2.75) is 6.18 Å². The number of nitrogens with two attached hydrogens (primary N) is 1. The Bertz CT molecular complexity index is 1340. The molecule has 2 aromatic carbocycles. The second-order valence-electron chi connectivity index (χ2n) is 6.73. The number of hydrogen-bond donors (Lipinski definition) is 1. The predicted molar refractivity (Wildman–Crippen MR) is 110 cm³/mol. The van der Waals surface area contributed by atoms with Gasteiger partial charge in [0.05, 0.1) is 35.1 Å². The number of anilines is 1. The van der Waals surface area contributed by atoms with Crippen molar-refractivity contribution in [1.29, 1.82) is 0 Å². The zero-order chi connectivity index (χ0) is 23.9. The number of esters is 1. The number of rotatable bonds is 4. The topological polar surface area (TPSA) is 96.2 Å². The predicted octanol–water partition coefficient (Wildman–Crippen LogP) is 5.37. The van der Waals surface area contributed by atoms with Gasteiger partial charge in [0.1, 0.15) is 17.1 Å². The number of ether oxygens (including phenoxy) is 1. The highest BCUT2D eigenvalue weighted by Gasteiger charge is 2.42. The van der Waals surface area contributed by atoms with E-state index in [-0.39, 0.29) is 22.0 Å². The lowest BCUT2D eigenvalue weighted by Crippen LogP contribution is -2.15. The summed E-state index contributed by atoms with van der Waals surface area (Å²) in [6.45, 7) is 0. The summed E-state index contributed by atoms with van der Waals surface area (Å²) >= 11 is 6.06. The number of benzene rings is 2. The molecule has 4 rings (SSSR count). The van der Waals surface area contributed by atoms with Crippen molar-refractivity contribution in [3.05, 3.63) is 70.8 Å². The van der Waals surface area contributed by atoms with E-state index in [1.807, 2.05) is 0 Å². The minimum atomic E-state index is -4.94. The molecule has 2 N–H and O–H groups in total. The lowest BCUT2D eigenvalue weighted by atomic mass is 10.0. The molecule has 7 nitrogen and oxygen atoms in total. The quantitative estimate of drug-likeness (QED) is 0.239. The number of carbonyl (C=O) groups excluding carboxylic acids is 1. The van der Waals surface area contributed by atoms with Crippen LogP contribution in [0.2, 0.25) is 5.02 Å². The molecule has 0 radical (unpaired) electrons. The molecule has 0 amide bonds. The first-order valence-corrected chi connectivity index (χ1v) is 9.55. The Labute approximate surface area is 188 Å². The van der Waals surface area contributed by atoms with Gasteiger partial charge in [0, 0.05) is 5.69 Å². The average molecular weight is 481 g/mol. The van der Waals surface area contributed by atoms with Crippen molar-refractivity contribution in [2.24, 2.45) is 0 Å². The van der Waals surface area contributed by atoms with E-state index >= 15 is 0 Å². The monoisotopic (exact) mass is 480 g/mol. The third-order valence-electron chi connectivity index (χ3n) is 4.68. The molecule has 0 fully saturated rings. The first kappa shape index (κ1) is 22.3. The number of halogens is 5. The standard InChI is InChI=1S/C21H13ClF4N4O3/c1-32-20(31)16-17(15-13(22)6-3-7-14(15)23)29-33-18(16)12-9-28-30(19(12)21(24,25)26)11-5-2-4-10(27)8-11/h2-9H,27H2,1H3. The number of hydrogen-bond acceptors (Lipinski definition) is 6. The summed E-state index contributed by atoms with van der Waals surface area (Å²) in [5.74, 6) is -2.58. The Morgan fingerprint density at radius 2 is 1.94 bits per heavy atom. The van der Waals surface area contributed by atoms with Gasteiger partial charge < -0.3 is 15.0 Å². The van der Waals surface area contributed by atoms with E-state index in [1.54, 1.807) is 0 Å². The van der Waals surface area contributed by atoms with Crippen molar-refractivity contribution >= 4 is 23.3 Å². The molecule has 33 heavy (non-hydrogen) atoms. The Morgan fingerprint density at radius 1 is 1.21 bits per heavy atom. The van der Waals surface area contributed by atoms with Gasteiger partial charge >= 0.3 is 12.1 Å². The Morgan fingerprint density at radius 3 is 2.58 bits per heavy atom. The molecule has 0 unspecified atom stereocenters. The van der Waals surface area contributed by atoms with Crippen LogP contribution in [0.15, 0.2) is 53.2 Å². The zero-order valence-electron chi connectivity index (χ0n) is 16.7. The van der Waals surface area contributed by atoms with Gasteiger partial charge in [-0.3, -0.25) is 0 Å². The highest BCUT2D eigenvalue weighted by atomic mass is 35.5. The average Bonchev–Trinajstić information content (AvgIpc) is 3.37. The van der Waals surface area contributed by atoms with Crippen LogP contribution in [0.4, 0.5) is 23.2 Å². The lowest BCUT2D eigenvalue weighted by molar-refractivity contribution is -0.142. The van der Waals surface area contributed by atoms with Crippen molar-refractivity contribution in [3.63, 3.8) is 0 Å². The van der Waals surface area contributed by atoms with Crippen LogP contribution >= 0.6 is 11.6 Å². The molecule has 0 atom stereocenters. The second-order valence-corrected chi connectivity index (χ2v) is 7.14. The summed E-state index contributed by atoms with van der Waals surface area (Å²) in [6, 6.07) is 9.31. The number of carbonyl (C=O) groups is 1. The summed E-state index contributed by atoms with van der Waals surface area (Å²) < 4.78 is 67.3. The summed E-state index contributed by atoms with van der Waals surface area (Å²) in [7, 11) is 1.01. The zero-order valence-corrected chi connectivity index (χ0v) is 17.4. The maximum atomic E-state index is 14.5. The highest BCUT2D eigenvalue weighted by Crippen LogP contribution is 2.43. The van der Waals surface area contributed by atoms with E-state index in [1.165, 1.54) is 36.4 Å². The molecule has 0 aliphatic heterocycles. The van der Waals surface area contributed by atoms with Gasteiger partial charge in [-0.1, -0.05) is 28.9 Å². The third-order valence-corrected chi connectivity index (χ3v) is 4.99. The van der Waals surface area contributed by atoms with Gasteiger partial charge in [-0.2, -0.15) is 18.3 Å². The molecular formula is C21H13ClF4N4O3. The van der Waals surface area contributed by atoms with E-state index in [0.717, 1.165) is 19.4 Å². The van der Waals surface area contributed by atoms with Crippen LogP contribution in [0.25, 0.3) is 28.3 Å². The minimum Gasteiger partial charge on any atom is -0.465 e. The molecule has 2 aromatic heterocycles. The molecule has 0 saturated heterocycles. The molecule has 0 aliphatic rings. The van der Waals surface area contributed by atoms with E-state index in [9.17, 15) is 22.4 Å². The smallest absolute Gasteiger partial charge is 0.434 e. The third kappa shape index (κ3) is 3.91. The Kier molecular flexibility index (Phi) is 5.58. The van der Waals surface area contributed by atoms with Gasteiger partial charge in [-0.25, -0.2) is 13.9 Å². The summed E-state index contributed by atoms with van der Waals surface area (Å²) in [4.78, 5) is 12.6. The largest absolute Gasteiger partial charge is 0.465 e. The van der Waals surface area contributed by atoms with Crippen LogP contribution < -0.4 is 5.73 Å². The molecule has 0 spiro atoms. The second kappa shape index (κ2) is 8.24. The SMILES string of the molecule is COC(=O)c1c(-c2c(F)cccc2Cl)noc1-c1cnn(-c2cccc(N)c2)c1C(F)(F)F. The van der Waals surface area contributed by atoms with Gasteiger partial charge in [-0.15, -0.1) is 0 Å². The van der Waals surface area contributed by atoms with Crippen molar-refractivity contribution in [1.82, 2.24) is 14.9 Å². The molecule has 170 valence electrons. The Hall–Kier alpha value is -3.86. The normalized spacial score (nSPS) is 11.6. The Balaban J connectivity index is 2.01. The fourth-order valence-corrected chi connectivity index (χ4v) is 3.55. The van der Waals surface area contributed by atoms with Gasteiger partial charge in [0.25, 0.3) is 0 Å². The van der Waals surface area contributed by atoms with E-state index < -0.39 is 46.2 Å². The molecule has 12 heteroatoms. The molecule has 4 aromatic rings. The van der Waals surface area contributed by atoms with E-state index in [0.29, 0.717) is 4.68 Å². The van der Waals surface area contributed by atoms with Crippen molar-refractivity contribution < 1.29 is 31.6 Å². The maximum absolute atomic E-state index is 14.5. The molecule has 0 saturated carbocycles. The lowest BCUT2D eigenvalue weighted by Gasteiger charge is -2.12. The van der Waals surface area contributed by atoms with Crippen LogP contribution in [0.5, 0.6) is 0 Å². The van der Waals surface area contributed by atoms with Crippen LogP contribution in [0.1, 0.15) is 16.1 Å². The van der Waals surface area contributed by atoms with Crippen molar-refractivity contribution in [2.75, 3.05) is 12.8 Å². The fraction of sp³-hybridized carbons (Fsp3) is 0.0952. The fourth-order valence-electron chi connectivity index (χ4n) is 3.30. The number of aromatic nitrogens is 3. The number of methoxy groups -OCH3 is 1. The van der Waals surface area contributed by atoms with Crippen LogP contribution in [-0.2, 0) is 10.9 Å². The van der Waals surface area contributed by atoms with Crippen LogP contribution in [0.3, 0.4) is 0 Å². The molecule has 2 heterocycles. The van der Waals surface area contributed by atoms with Gasteiger partial charge in [0.15, 0.2) is 11.5 Å². The molecule has 0 bridgehead atoms. The van der Waals surface area contributed by atoms with Crippen LogP contribution in [-0.4, -0.2) is 28.0 Å². The summed E-state index contributed by atoms with van der Waals surface area (Å²) in [5, 5.41) is 7.33. The van der Waals surface area contributed by atoms with Gasteiger partial charge in [0.2, 0.25) is 0 Å². The number of nitrogens with zero attached hydrogens (tertiary/aromatic N) is 3. The highest BCUT2D eigenvalue weighted by molar-refractivity contribution is 6.33. The number of alkyl halides is 3. The minimum absolute atomic E-state index is 0.0186. The maximum Gasteiger partial charge on any atom is 0.434 e. The molecular weight excluding hydrogens is 468 g/mol. The number of nitrogen functional groups attached to an aromatic ring is 1. The van der Waals surface area contributed by atoms with Gasteiger partial charge in [-0.05, 0) is 30.3 Å². The van der Waals surface area contributed by atoms with Crippen LogP contribution in [0, 0.1) is 5.82 Å². The summed E-state index contributed by atoms with van der Waals surface area (Å²) in [5.41, 5.74) is 2.76. The molecule has 0 aliphatic carbocycles. The summed E-state index contributed by atoms with van der Waals surface area (Å²) in [6.07, 6.45) is -4.09. The van der Waals surface area contributed by atoms with E-state index in [4.69, 9.17) is 26.6 Å². The van der Waals surface area contributed by atoms with E-state index in [2.05, 4.69) is 10.3 Å². The first-order valence-electron chi connectivity index (χ1n) is 9.17.